The van der Waals surface area contributed by atoms with Gasteiger partial charge in [-0.1, -0.05) is 11.6 Å². The van der Waals surface area contributed by atoms with Gasteiger partial charge in [0.15, 0.2) is 0 Å². The van der Waals surface area contributed by atoms with Crippen molar-refractivity contribution in [1.29, 1.82) is 0 Å². The maximum Gasteiger partial charge on any atom is 0.300 e. The Bertz CT molecular complexity index is 507. The number of rotatable bonds is 6. The first-order chi connectivity index (χ1) is 9.32. The highest BCUT2D eigenvalue weighted by Gasteiger charge is 2.23. The van der Waals surface area contributed by atoms with Crippen LogP contribution >= 0.6 is 11.6 Å². The van der Waals surface area contributed by atoms with Gasteiger partial charge in [0, 0.05) is 13.6 Å². The van der Waals surface area contributed by atoms with E-state index in [1.165, 1.54) is 11.0 Å². The number of pyridine rings is 1. The molecule has 110 valence electrons. The van der Waals surface area contributed by atoms with Gasteiger partial charge in [-0.3, -0.25) is 14.9 Å². The highest BCUT2D eigenvalue weighted by atomic mass is 35.5. The molecule has 0 aromatic carbocycles. The van der Waals surface area contributed by atoms with Gasteiger partial charge in [0.25, 0.3) is 11.6 Å². The molecule has 0 saturated heterocycles. The number of nitro groups is 1. The van der Waals surface area contributed by atoms with E-state index >= 15 is 0 Å². The van der Waals surface area contributed by atoms with Crippen LogP contribution < -0.4 is 0 Å². The summed E-state index contributed by atoms with van der Waals surface area (Å²) >= 11 is 5.71. The second-order valence-electron chi connectivity index (χ2n) is 4.66. The van der Waals surface area contributed by atoms with Crippen molar-refractivity contribution in [2.75, 3.05) is 34.2 Å². The third kappa shape index (κ3) is 4.43. The zero-order valence-corrected chi connectivity index (χ0v) is 12.4. The Hall–Kier alpha value is -1.73. The molecule has 1 rings (SSSR count). The summed E-state index contributed by atoms with van der Waals surface area (Å²) in [6.45, 7) is 1.34. The number of halogens is 1. The average Bonchev–Trinajstić information content (AvgIpc) is 2.36. The van der Waals surface area contributed by atoms with E-state index in [9.17, 15) is 14.9 Å². The number of amides is 1. The second-order valence-corrected chi connectivity index (χ2v) is 5.05. The molecule has 20 heavy (non-hydrogen) atoms. The molecule has 8 heteroatoms. The average molecular weight is 301 g/mol. The molecule has 1 heterocycles. The quantitative estimate of drug-likeness (QED) is 0.453. The van der Waals surface area contributed by atoms with Gasteiger partial charge in [-0.25, -0.2) is 4.98 Å². The molecule has 1 aromatic rings. The summed E-state index contributed by atoms with van der Waals surface area (Å²) in [7, 11) is 5.49. The lowest BCUT2D eigenvalue weighted by atomic mass is 10.2. The van der Waals surface area contributed by atoms with Crippen LogP contribution in [-0.4, -0.2) is 59.8 Å². The molecule has 0 bridgehead atoms. The Labute approximate surface area is 122 Å². The third-order valence-corrected chi connectivity index (χ3v) is 2.93. The van der Waals surface area contributed by atoms with Gasteiger partial charge in [-0.15, -0.1) is 0 Å². The predicted molar refractivity (Wildman–Crippen MR) is 76.0 cm³/mol. The molecule has 0 unspecified atom stereocenters. The van der Waals surface area contributed by atoms with E-state index in [4.69, 9.17) is 11.6 Å². The Morgan fingerprint density at radius 3 is 2.60 bits per heavy atom. The molecule has 1 aromatic heterocycles. The van der Waals surface area contributed by atoms with Crippen LogP contribution in [-0.2, 0) is 0 Å². The molecule has 0 atom stereocenters. The lowest BCUT2D eigenvalue weighted by molar-refractivity contribution is -0.385. The molecule has 0 fully saturated rings. The maximum absolute atomic E-state index is 12.2. The van der Waals surface area contributed by atoms with E-state index in [1.54, 1.807) is 7.05 Å². The Balaban J connectivity index is 2.85. The van der Waals surface area contributed by atoms with Crippen molar-refractivity contribution in [2.45, 2.75) is 6.42 Å². The van der Waals surface area contributed by atoms with E-state index in [0.29, 0.717) is 6.54 Å². The zero-order chi connectivity index (χ0) is 15.3. The third-order valence-electron chi connectivity index (χ3n) is 2.72. The first-order valence-electron chi connectivity index (χ1n) is 6.03. The molecule has 0 aliphatic heterocycles. The van der Waals surface area contributed by atoms with Gasteiger partial charge in [0.1, 0.15) is 16.9 Å². The van der Waals surface area contributed by atoms with Crippen LogP contribution in [0.15, 0.2) is 12.3 Å². The number of hydrogen-bond acceptors (Lipinski definition) is 5. The van der Waals surface area contributed by atoms with Crippen molar-refractivity contribution in [1.82, 2.24) is 14.8 Å². The number of carbonyl (C=O) groups is 1. The van der Waals surface area contributed by atoms with Crippen molar-refractivity contribution < 1.29 is 9.72 Å². The van der Waals surface area contributed by atoms with Crippen LogP contribution in [0, 0.1) is 10.1 Å². The van der Waals surface area contributed by atoms with Crippen LogP contribution in [0.25, 0.3) is 0 Å². The van der Waals surface area contributed by atoms with Crippen LogP contribution in [0.3, 0.4) is 0 Å². The van der Waals surface area contributed by atoms with Crippen molar-refractivity contribution in [2.24, 2.45) is 0 Å². The fourth-order valence-corrected chi connectivity index (χ4v) is 1.83. The lowest BCUT2D eigenvalue weighted by Crippen LogP contribution is -2.30. The monoisotopic (exact) mass is 300 g/mol. The molecule has 0 radical (unpaired) electrons. The van der Waals surface area contributed by atoms with E-state index in [0.717, 1.165) is 19.2 Å². The topological polar surface area (TPSA) is 79.6 Å². The highest BCUT2D eigenvalue weighted by molar-refractivity contribution is 6.29. The minimum atomic E-state index is -0.635. The van der Waals surface area contributed by atoms with Gasteiger partial charge in [0.05, 0.1) is 4.92 Å². The normalized spacial score (nSPS) is 10.7. The van der Waals surface area contributed by atoms with Crippen LogP contribution in [0.1, 0.15) is 16.8 Å². The van der Waals surface area contributed by atoms with E-state index in [2.05, 4.69) is 4.98 Å². The Morgan fingerprint density at radius 1 is 1.40 bits per heavy atom. The highest BCUT2D eigenvalue weighted by Crippen LogP contribution is 2.21. The van der Waals surface area contributed by atoms with Crippen molar-refractivity contribution >= 4 is 23.2 Å². The number of aromatic nitrogens is 1. The molecule has 7 nitrogen and oxygen atoms in total. The van der Waals surface area contributed by atoms with E-state index < -0.39 is 10.8 Å². The zero-order valence-electron chi connectivity index (χ0n) is 11.7. The largest absolute Gasteiger partial charge is 0.341 e. The van der Waals surface area contributed by atoms with Gasteiger partial charge in [-0.05, 0) is 33.1 Å². The molecule has 0 aliphatic carbocycles. The first-order valence-corrected chi connectivity index (χ1v) is 6.41. The smallest absolute Gasteiger partial charge is 0.300 e. The molecular formula is C12H17ClN4O3. The fraction of sp³-hybridized carbons (Fsp3) is 0.500. The van der Waals surface area contributed by atoms with Crippen molar-refractivity contribution in [3.05, 3.63) is 33.1 Å². The summed E-state index contributed by atoms with van der Waals surface area (Å²) in [5.41, 5.74) is -0.374. The van der Waals surface area contributed by atoms with Crippen LogP contribution in [0.5, 0.6) is 0 Å². The summed E-state index contributed by atoms with van der Waals surface area (Å²) in [5, 5.41) is 11.0. The molecular weight excluding hydrogens is 284 g/mol. The summed E-state index contributed by atoms with van der Waals surface area (Å²) in [4.78, 5) is 29.6. The summed E-state index contributed by atoms with van der Waals surface area (Å²) < 4.78 is 0. The minimum absolute atomic E-state index is 0.0395. The van der Waals surface area contributed by atoms with Crippen molar-refractivity contribution in [3.63, 3.8) is 0 Å². The number of carbonyl (C=O) groups excluding carboxylic acids is 1. The standard InChI is InChI=1S/C12H17ClN4O3/c1-15(2)5-4-6-16(3)12(18)9-7-11(13)14-8-10(9)17(19)20/h7-8H,4-6H2,1-3H3. The predicted octanol–water partition coefficient (Wildman–Crippen LogP) is 1.67. The summed E-state index contributed by atoms with van der Waals surface area (Å²) in [6.07, 6.45) is 1.78. The van der Waals surface area contributed by atoms with Crippen LogP contribution in [0.2, 0.25) is 5.15 Å². The van der Waals surface area contributed by atoms with Crippen molar-refractivity contribution in [3.8, 4) is 0 Å². The molecule has 1 amide bonds. The molecule has 0 spiro atoms. The molecule has 0 aliphatic rings. The second kappa shape index (κ2) is 7.16. The fourth-order valence-electron chi connectivity index (χ4n) is 1.67. The first kappa shape index (κ1) is 16.3. The van der Waals surface area contributed by atoms with E-state index in [1.807, 2.05) is 19.0 Å². The van der Waals surface area contributed by atoms with Gasteiger partial charge >= 0.3 is 0 Å². The number of hydrogen-bond donors (Lipinski definition) is 0. The SMILES string of the molecule is CN(C)CCCN(C)C(=O)c1cc(Cl)ncc1[N+](=O)[O-]. The summed E-state index contributed by atoms with van der Waals surface area (Å²) in [6, 6.07) is 1.23. The van der Waals surface area contributed by atoms with Gasteiger partial charge in [-0.2, -0.15) is 0 Å². The van der Waals surface area contributed by atoms with Gasteiger partial charge in [0.2, 0.25) is 0 Å². The maximum atomic E-state index is 12.2. The Kier molecular flexibility index (Phi) is 5.84. The number of nitrogens with zero attached hydrogens (tertiary/aromatic N) is 4. The Morgan fingerprint density at radius 2 is 2.05 bits per heavy atom. The van der Waals surface area contributed by atoms with E-state index in [-0.39, 0.29) is 16.4 Å². The minimum Gasteiger partial charge on any atom is -0.341 e. The molecule has 0 N–H and O–H groups in total. The summed E-state index contributed by atoms with van der Waals surface area (Å²) in [5.74, 6) is -0.431. The van der Waals surface area contributed by atoms with Gasteiger partial charge < -0.3 is 9.80 Å². The van der Waals surface area contributed by atoms with Crippen LogP contribution in [0.4, 0.5) is 5.69 Å². The molecule has 0 saturated carbocycles. The lowest BCUT2D eigenvalue weighted by Gasteiger charge is -2.18.